The fraction of sp³-hybridized carbons (Fsp3) is 0.588. The summed E-state index contributed by atoms with van der Waals surface area (Å²) in [5.74, 6) is -0.577. The molecule has 2 saturated heterocycles. The lowest BCUT2D eigenvalue weighted by Gasteiger charge is -2.36. The lowest BCUT2D eigenvalue weighted by atomic mass is 9.97. The van der Waals surface area contributed by atoms with Gasteiger partial charge in [-0.15, -0.1) is 0 Å². The molecule has 0 aliphatic carbocycles. The molecule has 1 unspecified atom stereocenters. The van der Waals surface area contributed by atoms with Crippen LogP contribution < -0.4 is 5.73 Å². The van der Waals surface area contributed by atoms with E-state index in [0.29, 0.717) is 51.4 Å². The number of hydrogen-bond acceptors (Lipinski definition) is 5. The van der Waals surface area contributed by atoms with Gasteiger partial charge in [0.1, 0.15) is 6.26 Å². The van der Waals surface area contributed by atoms with E-state index >= 15 is 0 Å². The molecule has 2 fully saturated rings. The summed E-state index contributed by atoms with van der Waals surface area (Å²) in [6.45, 7) is 3.90. The zero-order valence-electron chi connectivity index (χ0n) is 14.2. The summed E-state index contributed by atoms with van der Waals surface area (Å²) in [4.78, 5) is 41.6. The highest BCUT2D eigenvalue weighted by molar-refractivity contribution is 5.93. The van der Waals surface area contributed by atoms with Crippen molar-refractivity contribution in [2.24, 2.45) is 11.7 Å². The van der Waals surface area contributed by atoms with E-state index in [1.165, 1.54) is 12.5 Å². The van der Waals surface area contributed by atoms with Crippen LogP contribution in [-0.2, 0) is 9.59 Å². The third-order valence-electron chi connectivity index (χ3n) is 4.96. The van der Waals surface area contributed by atoms with E-state index in [9.17, 15) is 14.4 Å². The van der Waals surface area contributed by atoms with Crippen LogP contribution in [0.5, 0.6) is 0 Å². The number of piperazine rings is 1. The second-order valence-electron chi connectivity index (χ2n) is 6.66. The fourth-order valence-electron chi connectivity index (χ4n) is 3.40. The third kappa shape index (κ3) is 4.19. The number of carbonyl (C=O) groups is 3. The first-order valence-electron chi connectivity index (χ1n) is 8.65. The minimum absolute atomic E-state index is 0.0283. The van der Waals surface area contributed by atoms with Gasteiger partial charge in [0.2, 0.25) is 11.8 Å². The molecule has 25 heavy (non-hydrogen) atoms. The summed E-state index contributed by atoms with van der Waals surface area (Å²) >= 11 is 0. The first-order valence-corrected chi connectivity index (χ1v) is 8.65. The molecule has 1 aromatic heterocycles. The summed E-state index contributed by atoms with van der Waals surface area (Å²) in [5.41, 5.74) is 5.92. The average molecular weight is 348 g/mol. The predicted octanol–water partition coefficient (Wildman–Crippen LogP) is -0.239. The zero-order chi connectivity index (χ0) is 17.8. The fourth-order valence-corrected chi connectivity index (χ4v) is 3.40. The summed E-state index contributed by atoms with van der Waals surface area (Å²) in [5, 5.41) is 0. The van der Waals surface area contributed by atoms with Crippen LogP contribution in [0.2, 0.25) is 0 Å². The van der Waals surface area contributed by atoms with Gasteiger partial charge in [0, 0.05) is 39.3 Å². The zero-order valence-corrected chi connectivity index (χ0v) is 14.2. The molecule has 0 aromatic carbocycles. The van der Waals surface area contributed by atoms with Crippen LogP contribution in [0.1, 0.15) is 23.2 Å². The highest BCUT2D eigenvalue weighted by Crippen LogP contribution is 2.17. The Morgan fingerprint density at radius 2 is 1.88 bits per heavy atom. The van der Waals surface area contributed by atoms with Crippen molar-refractivity contribution < 1.29 is 18.8 Å². The van der Waals surface area contributed by atoms with E-state index in [0.717, 1.165) is 12.8 Å². The Kier molecular flexibility index (Phi) is 5.37. The van der Waals surface area contributed by atoms with Crippen molar-refractivity contribution in [1.82, 2.24) is 14.7 Å². The van der Waals surface area contributed by atoms with Gasteiger partial charge in [-0.2, -0.15) is 0 Å². The number of carbonyl (C=O) groups excluding carboxylic acids is 3. The van der Waals surface area contributed by atoms with Gasteiger partial charge in [-0.05, 0) is 18.9 Å². The van der Waals surface area contributed by atoms with Crippen LogP contribution in [0.3, 0.4) is 0 Å². The monoisotopic (exact) mass is 348 g/mol. The minimum Gasteiger partial charge on any atom is -0.472 e. The second-order valence-corrected chi connectivity index (χ2v) is 6.66. The van der Waals surface area contributed by atoms with E-state index in [2.05, 4.69) is 4.90 Å². The standard InChI is InChI=1S/C17H24N4O4/c18-16(23)13-2-1-4-21(10-13)15(22)11-19-5-7-20(8-6-19)17(24)14-3-9-25-12-14/h3,9,12-13H,1-2,4-8,10-11H2,(H2,18,23). The summed E-state index contributed by atoms with van der Waals surface area (Å²) in [7, 11) is 0. The number of hydrogen-bond donors (Lipinski definition) is 1. The van der Waals surface area contributed by atoms with Crippen LogP contribution in [0.15, 0.2) is 23.0 Å². The number of primary amides is 1. The predicted molar refractivity (Wildman–Crippen MR) is 89.5 cm³/mol. The molecule has 8 nitrogen and oxygen atoms in total. The van der Waals surface area contributed by atoms with Crippen molar-refractivity contribution in [3.05, 3.63) is 24.2 Å². The molecule has 0 spiro atoms. The van der Waals surface area contributed by atoms with Crippen LogP contribution in [-0.4, -0.2) is 78.2 Å². The first kappa shape index (κ1) is 17.5. The highest BCUT2D eigenvalue weighted by atomic mass is 16.3. The molecule has 0 bridgehead atoms. The van der Waals surface area contributed by atoms with Crippen molar-refractivity contribution in [2.75, 3.05) is 45.8 Å². The van der Waals surface area contributed by atoms with Crippen molar-refractivity contribution in [2.45, 2.75) is 12.8 Å². The summed E-state index contributed by atoms with van der Waals surface area (Å²) in [6, 6.07) is 1.66. The van der Waals surface area contributed by atoms with Crippen LogP contribution in [0, 0.1) is 5.92 Å². The second kappa shape index (κ2) is 7.69. The van der Waals surface area contributed by atoms with E-state index in [1.54, 1.807) is 15.9 Å². The molecule has 1 atom stereocenters. The topological polar surface area (TPSA) is 100 Å². The maximum Gasteiger partial charge on any atom is 0.257 e. The molecule has 8 heteroatoms. The van der Waals surface area contributed by atoms with Gasteiger partial charge in [0.05, 0.1) is 24.3 Å². The van der Waals surface area contributed by atoms with Crippen molar-refractivity contribution >= 4 is 17.7 Å². The SMILES string of the molecule is NC(=O)C1CCCN(C(=O)CN2CCN(C(=O)c3ccoc3)CC2)C1. The molecule has 2 aliphatic heterocycles. The smallest absolute Gasteiger partial charge is 0.257 e. The molecule has 136 valence electrons. The quantitative estimate of drug-likeness (QED) is 0.809. The molecule has 2 aliphatic rings. The Morgan fingerprint density at radius 1 is 1.12 bits per heavy atom. The van der Waals surface area contributed by atoms with Gasteiger partial charge in [-0.1, -0.05) is 0 Å². The Balaban J connectivity index is 1.46. The number of nitrogens with zero attached hydrogens (tertiary/aromatic N) is 3. The minimum atomic E-state index is -0.330. The van der Waals surface area contributed by atoms with Gasteiger partial charge < -0.3 is 20.0 Å². The Hall–Kier alpha value is -2.35. The van der Waals surface area contributed by atoms with Crippen LogP contribution in [0.25, 0.3) is 0 Å². The number of amides is 3. The number of piperidine rings is 1. The number of furan rings is 1. The van der Waals surface area contributed by atoms with Crippen LogP contribution >= 0.6 is 0 Å². The van der Waals surface area contributed by atoms with Gasteiger partial charge in [0.25, 0.3) is 5.91 Å². The molecule has 1 aromatic rings. The Labute approximate surface area is 146 Å². The first-order chi connectivity index (χ1) is 12.0. The number of nitrogens with two attached hydrogens (primary N) is 1. The maximum atomic E-state index is 12.5. The molecular formula is C17H24N4O4. The highest BCUT2D eigenvalue weighted by Gasteiger charge is 2.29. The average Bonchev–Trinajstić information content (AvgIpc) is 3.16. The van der Waals surface area contributed by atoms with Crippen LogP contribution in [0.4, 0.5) is 0 Å². The van der Waals surface area contributed by atoms with E-state index in [1.807, 2.05) is 0 Å². The lowest BCUT2D eigenvalue weighted by molar-refractivity contribution is -0.136. The normalized spacial score (nSPS) is 22.0. The van der Waals surface area contributed by atoms with Gasteiger partial charge in [0.15, 0.2) is 0 Å². The van der Waals surface area contributed by atoms with E-state index in [-0.39, 0.29) is 23.6 Å². The molecule has 2 N–H and O–H groups in total. The van der Waals surface area contributed by atoms with Gasteiger partial charge in [-0.25, -0.2) is 0 Å². The maximum absolute atomic E-state index is 12.5. The molecule has 0 radical (unpaired) electrons. The lowest BCUT2D eigenvalue weighted by Crippen LogP contribution is -2.53. The van der Waals surface area contributed by atoms with E-state index < -0.39 is 0 Å². The Morgan fingerprint density at radius 3 is 2.52 bits per heavy atom. The van der Waals surface area contributed by atoms with Crippen molar-refractivity contribution in [3.8, 4) is 0 Å². The molecular weight excluding hydrogens is 324 g/mol. The number of likely N-dealkylation sites (tertiary alicyclic amines) is 1. The largest absolute Gasteiger partial charge is 0.472 e. The van der Waals surface area contributed by atoms with E-state index in [4.69, 9.17) is 10.2 Å². The molecule has 0 saturated carbocycles. The van der Waals surface area contributed by atoms with Crippen molar-refractivity contribution in [1.29, 1.82) is 0 Å². The third-order valence-corrected chi connectivity index (χ3v) is 4.96. The molecule has 3 heterocycles. The summed E-state index contributed by atoms with van der Waals surface area (Å²) in [6.07, 6.45) is 4.50. The summed E-state index contributed by atoms with van der Waals surface area (Å²) < 4.78 is 4.95. The van der Waals surface area contributed by atoms with Gasteiger partial charge >= 0.3 is 0 Å². The Bertz CT molecular complexity index is 623. The number of rotatable bonds is 4. The van der Waals surface area contributed by atoms with Crippen molar-refractivity contribution in [3.63, 3.8) is 0 Å². The van der Waals surface area contributed by atoms with Gasteiger partial charge in [-0.3, -0.25) is 19.3 Å². The molecule has 3 rings (SSSR count). The molecule has 3 amide bonds.